The van der Waals surface area contributed by atoms with Gasteiger partial charge in [-0.3, -0.25) is 9.97 Å². The van der Waals surface area contributed by atoms with Crippen molar-refractivity contribution in [3.8, 4) is 0 Å². The summed E-state index contributed by atoms with van der Waals surface area (Å²) < 4.78 is 0. The van der Waals surface area contributed by atoms with Crippen molar-refractivity contribution in [2.45, 2.75) is 0 Å². The fourth-order valence-corrected chi connectivity index (χ4v) is 1.87. The van der Waals surface area contributed by atoms with Gasteiger partial charge < -0.3 is 15.3 Å². The van der Waals surface area contributed by atoms with E-state index in [1.165, 1.54) is 0 Å². The summed E-state index contributed by atoms with van der Waals surface area (Å²) in [6.07, 6.45) is 3.33. The Kier molecular flexibility index (Phi) is 1.72. The van der Waals surface area contributed by atoms with Crippen molar-refractivity contribution in [3.05, 3.63) is 24.5 Å². The first kappa shape index (κ1) is 8.43. The predicted octanol–water partition coefficient (Wildman–Crippen LogP) is 0.769. The lowest BCUT2D eigenvalue weighted by Crippen LogP contribution is -2.23. The van der Waals surface area contributed by atoms with Crippen LogP contribution in [0.15, 0.2) is 24.5 Å². The number of anilines is 2. The first-order valence-corrected chi connectivity index (χ1v) is 4.73. The molecule has 0 bridgehead atoms. The molecule has 76 valence electrons. The Labute approximate surface area is 86.4 Å². The van der Waals surface area contributed by atoms with Crippen molar-refractivity contribution in [2.75, 3.05) is 23.6 Å². The van der Waals surface area contributed by atoms with E-state index in [0.29, 0.717) is 6.67 Å². The molecule has 0 radical (unpaired) electrons. The van der Waals surface area contributed by atoms with Gasteiger partial charge in [-0.15, -0.1) is 0 Å². The average Bonchev–Trinajstić information content (AvgIpc) is 2.72. The van der Waals surface area contributed by atoms with Gasteiger partial charge in [0.05, 0.1) is 23.6 Å². The largest absolute Gasteiger partial charge is 0.376 e. The normalized spacial score (nSPS) is 14.1. The molecule has 0 amide bonds. The number of aromatic nitrogens is 2. The van der Waals surface area contributed by atoms with E-state index in [1.807, 2.05) is 17.0 Å². The van der Waals surface area contributed by atoms with Crippen LogP contribution in [0.5, 0.6) is 0 Å². The number of aliphatic hydroxyl groups excluding tert-OH is 1. The fourth-order valence-electron chi connectivity index (χ4n) is 1.87. The Hall–Kier alpha value is -1.88. The highest BCUT2D eigenvalue weighted by Gasteiger charge is 2.21. The van der Waals surface area contributed by atoms with Gasteiger partial charge in [0.1, 0.15) is 12.2 Å². The molecule has 5 heteroatoms. The zero-order chi connectivity index (χ0) is 10.3. The number of benzene rings is 1. The number of hydrogen-bond acceptors (Lipinski definition) is 5. The molecule has 0 unspecified atom stereocenters. The van der Waals surface area contributed by atoms with Crippen LogP contribution in [-0.2, 0) is 0 Å². The van der Waals surface area contributed by atoms with Crippen LogP contribution < -0.4 is 10.2 Å². The smallest absolute Gasteiger partial charge is 0.117 e. The minimum Gasteiger partial charge on any atom is -0.376 e. The lowest BCUT2D eigenvalue weighted by Gasteiger charge is -2.14. The van der Waals surface area contributed by atoms with E-state index in [-0.39, 0.29) is 6.73 Å². The second-order valence-corrected chi connectivity index (χ2v) is 3.40. The maximum atomic E-state index is 9.21. The molecule has 0 aliphatic carbocycles. The second kappa shape index (κ2) is 3.06. The number of aliphatic hydroxyl groups is 1. The summed E-state index contributed by atoms with van der Waals surface area (Å²) in [5.41, 5.74) is 3.60. The van der Waals surface area contributed by atoms with Crippen molar-refractivity contribution in [3.63, 3.8) is 0 Å². The average molecular weight is 202 g/mol. The summed E-state index contributed by atoms with van der Waals surface area (Å²) in [5, 5.41) is 12.4. The summed E-state index contributed by atoms with van der Waals surface area (Å²) in [6.45, 7) is 0.594. The molecule has 2 heterocycles. The van der Waals surface area contributed by atoms with Crippen molar-refractivity contribution in [2.24, 2.45) is 0 Å². The molecule has 1 aliphatic rings. The van der Waals surface area contributed by atoms with Crippen molar-refractivity contribution < 1.29 is 5.11 Å². The maximum absolute atomic E-state index is 9.21. The molecule has 0 atom stereocenters. The Morgan fingerprint density at radius 3 is 3.07 bits per heavy atom. The van der Waals surface area contributed by atoms with Crippen LogP contribution in [0.1, 0.15) is 0 Å². The van der Waals surface area contributed by atoms with Gasteiger partial charge in [-0.2, -0.15) is 0 Å². The summed E-state index contributed by atoms with van der Waals surface area (Å²) in [5.74, 6) is 0. The van der Waals surface area contributed by atoms with Gasteiger partial charge in [-0.05, 0) is 12.1 Å². The molecule has 5 nitrogen and oxygen atoms in total. The van der Waals surface area contributed by atoms with Gasteiger partial charge >= 0.3 is 0 Å². The SMILES string of the molecule is OCN1CNc2ccc3nccnc3c21. The van der Waals surface area contributed by atoms with Crippen LogP contribution in [0.4, 0.5) is 11.4 Å². The van der Waals surface area contributed by atoms with Crippen LogP contribution in [0.2, 0.25) is 0 Å². The monoisotopic (exact) mass is 202 g/mol. The molecule has 15 heavy (non-hydrogen) atoms. The molecule has 2 N–H and O–H groups in total. The Balaban J connectivity index is 2.32. The van der Waals surface area contributed by atoms with Crippen molar-refractivity contribution in [1.29, 1.82) is 0 Å². The lowest BCUT2D eigenvalue weighted by molar-refractivity contribution is 0.295. The molecule has 2 aromatic rings. The highest BCUT2D eigenvalue weighted by atomic mass is 16.3. The number of hydrogen-bond donors (Lipinski definition) is 2. The molecule has 0 saturated heterocycles. The molecule has 1 aliphatic heterocycles. The number of rotatable bonds is 1. The third kappa shape index (κ3) is 1.13. The Morgan fingerprint density at radius 1 is 1.33 bits per heavy atom. The van der Waals surface area contributed by atoms with E-state index < -0.39 is 0 Å². The molecule has 1 aromatic carbocycles. The molecule has 0 spiro atoms. The van der Waals surface area contributed by atoms with Crippen molar-refractivity contribution in [1.82, 2.24) is 9.97 Å². The molecular formula is C10H10N4O. The molecule has 3 rings (SSSR count). The highest BCUT2D eigenvalue weighted by molar-refractivity contribution is 5.97. The summed E-state index contributed by atoms with van der Waals surface area (Å²) in [7, 11) is 0. The lowest BCUT2D eigenvalue weighted by atomic mass is 10.2. The number of nitrogens with zero attached hydrogens (tertiary/aromatic N) is 3. The first-order valence-electron chi connectivity index (χ1n) is 4.73. The summed E-state index contributed by atoms with van der Waals surface area (Å²) in [6, 6.07) is 3.89. The Bertz CT molecular complexity index is 514. The summed E-state index contributed by atoms with van der Waals surface area (Å²) in [4.78, 5) is 10.4. The van der Waals surface area contributed by atoms with Crippen LogP contribution in [0, 0.1) is 0 Å². The minimum absolute atomic E-state index is 0.0182. The zero-order valence-electron chi connectivity index (χ0n) is 8.01. The molecule has 1 aromatic heterocycles. The zero-order valence-corrected chi connectivity index (χ0v) is 8.01. The number of fused-ring (bicyclic) bond motifs is 3. The number of nitrogens with one attached hydrogen (secondary N) is 1. The molecule has 0 saturated carbocycles. The van der Waals surface area contributed by atoms with Gasteiger partial charge in [0.2, 0.25) is 0 Å². The van der Waals surface area contributed by atoms with E-state index in [4.69, 9.17) is 0 Å². The molecular weight excluding hydrogens is 192 g/mol. The van der Waals surface area contributed by atoms with Gasteiger partial charge in [-0.1, -0.05) is 0 Å². The first-order chi connectivity index (χ1) is 7.40. The van der Waals surface area contributed by atoms with Crippen LogP contribution in [0.25, 0.3) is 11.0 Å². The topological polar surface area (TPSA) is 61.3 Å². The van der Waals surface area contributed by atoms with Gasteiger partial charge in [0.15, 0.2) is 0 Å². The van der Waals surface area contributed by atoms with Crippen LogP contribution >= 0.6 is 0 Å². The van der Waals surface area contributed by atoms with Crippen molar-refractivity contribution >= 4 is 22.4 Å². The van der Waals surface area contributed by atoms with Crippen LogP contribution in [0.3, 0.4) is 0 Å². The van der Waals surface area contributed by atoms with E-state index >= 15 is 0 Å². The minimum atomic E-state index is -0.0182. The maximum Gasteiger partial charge on any atom is 0.117 e. The van der Waals surface area contributed by atoms with E-state index in [2.05, 4.69) is 15.3 Å². The third-order valence-corrected chi connectivity index (χ3v) is 2.56. The Morgan fingerprint density at radius 2 is 2.20 bits per heavy atom. The van der Waals surface area contributed by atoms with E-state index in [9.17, 15) is 5.11 Å². The third-order valence-electron chi connectivity index (χ3n) is 2.56. The highest BCUT2D eigenvalue weighted by Crippen LogP contribution is 2.35. The quantitative estimate of drug-likeness (QED) is 0.715. The summed E-state index contributed by atoms with van der Waals surface area (Å²) >= 11 is 0. The van der Waals surface area contributed by atoms with E-state index in [1.54, 1.807) is 12.4 Å². The fraction of sp³-hybridized carbons (Fsp3) is 0.200. The van der Waals surface area contributed by atoms with Gasteiger partial charge in [0, 0.05) is 12.4 Å². The van der Waals surface area contributed by atoms with E-state index in [0.717, 1.165) is 22.4 Å². The van der Waals surface area contributed by atoms with Gasteiger partial charge in [-0.25, -0.2) is 0 Å². The predicted molar refractivity (Wildman–Crippen MR) is 57.6 cm³/mol. The molecule has 0 fully saturated rings. The standard InChI is InChI=1S/C10H10N4O/c15-6-14-5-13-8-2-1-7-9(10(8)14)12-4-3-11-7/h1-4,13,15H,5-6H2. The van der Waals surface area contributed by atoms with Crippen LogP contribution in [-0.4, -0.2) is 28.5 Å². The second-order valence-electron chi connectivity index (χ2n) is 3.40. The van der Waals surface area contributed by atoms with Gasteiger partial charge in [0.25, 0.3) is 0 Å².